The number of phenolic OH excluding ortho intramolecular Hbond substituents is 1. The van der Waals surface area contributed by atoms with Crippen LogP contribution in [0.4, 0.5) is 0 Å². The smallest absolute Gasteiger partial charge is 0.305 e. The van der Waals surface area contributed by atoms with Crippen LogP contribution in [0, 0.1) is 5.92 Å². The van der Waals surface area contributed by atoms with Crippen molar-refractivity contribution in [2.75, 3.05) is 20.1 Å². The van der Waals surface area contributed by atoms with E-state index in [1.54, 1.807) is 51.7 Å². The number of aliphatic hydroxyl groups is 1. The number of carboxylic acids is 1. The summed E-state index contributed by atoms with van der Waals surface area (Å²) in [4.78, 5) is 111. The molecular weight excluding hydrogens is 756 g/mol. The summed E-state index contributed by atoms with van der Waals surface area (Å²) in [6.45, 7) is 11.2. The topological polar surface area (TPSA) is 276 Å². The average molecular weight is 817 g/mol. The van der Waals surface area contributed by atoms with Crippen LogP contribution in [0.3, 0.4) is 0 Å². The lowest BCUT2D eigenvalue weighted by molar-refractivity contribution is -0.142. The number of carboxylic acid groups (broad SMARTS) is 1. The third-order valence-corrected chi connectivity index (χ3v) is 9.75. The largest absolute Gasteiger partial charge is 0.508 e. The molecule has 7 amide bonds. The fourth-order valence-electron chi connectivity index (χ4n) is 7.06. The molecule has 0 aromatic heterocycles. The number of hydrogen-bond donors (Lipinski definition) is 9. The summed E-state index contributed by atoms with van der Waals surface area (Å²) < 4.78 is 0. The Morgan fingerprint density at radius 1 is 0.862 bits per heavy atom. The van der Waals surface area contributed by atoms with Crippen LogP contribution in [0.15, 0.2) is 24.3 Å². The zero-order valence-electron chi connectivity index (χ0n) is 34.5. The van der Waals surface area contributed by atoms with E-state index in [0.29, 0.717) is 12.0 Å². The van der Waals surface area contributed by atoms with Crippen LogP contribution in [-0.2, 0) is 44.8 Å². The second-order valence-corrected chi connectivity index (χ2v) is 16.6. The number of benzene rings is 1. The molecule has 3 rings (SSSR count). The van der Waals surface area contributed by atoms with E-state index in [-0.39, 0.29) is 37.5 Å². The van der Waals surface area contributed by atoms with Gasteiger partial charge in [0.15, 0.2) is 0 Å². The van der Waals surface area contributed by atoms with Crippen LogP contribution < -0.4 is 31.9 Å². The van der Waals surface area contributed by atoms with Gasteiger partial charge in [0, 0.05) is 19.0 Å². The maximum Gasteiger partial charge on any atom is 0.305 e. The number of phenols is 1. The number of nitrogens with zero attached hydrogens (tertiary/aromatic N) is 2. The first kappa shape index (κ1) is 47.1. The van der Waals surface area contributed by atoms with Gasteiger partial charge in [-0.25, -0.2) is 0 Å². The summed E-state index contributed by atoms with van der Waals surface area (Å²) in [5.74, 6) is -7.23. The van der Waals surface area contributed by atoms with Gasteiger partial charge in [-0.15, -0.1) is 0 Å². The van der Waals surface area contributed by atoms with Crippen molar-refractivity contribution in [3.05, 3.63) is 29.8 Å². The lowest BCUT2D eigenvalue weighted by atomic mass is 10.0. The third-order valence-electron chi connectivity index (χ3n) is 9.75. The van der Waals surface area contributed by atoms with Crippen LogP contribution in [-0.4, -0.2) is 147 Å². The van der Waals surface area contributed by atoms with Gasteiger partial charge in [0.05, 0.1) is 31.2 Å². The number of rotatable bonds is 8. The van der Waals surface area contributed by atoms with Gasteiger partial charge in [-0.3, -0.25) is 43.3 Å². The molecule has 0 saturated carbocycles. The van der Waals surface area contributed by atoms with E-state index in [1.807, 2.05) is 0 Å². The molecule has 0 radical (unpaired) electrons. The van der Waals surface area contributed by atoms with Crippen molar-refractivity contribution >= 4 is 47.3 Å². The van der Waals surface area contributed by atoms with Crippen molar-refractivity contribution in [2.24, 2.45) is 5.92 Å². The van der Waals surface area contributed by atoms with Gasteiger partial charge in [-0.05, 0) is 84.0 Å². The Bertz CT molecular complexity index is 1680. The summed E-state index contributed by atoms with van der Waals surface area (Å²) in [6, 6.07) is -3.17. The number of likely N-dealkylation sites (N-methyl/N-ethyl adjacent to an activating group) is 1. The zero-order chi connectivity index (χ0) is 43.6. The van der Waals surface area contributed by atoms with Crippen molar-refractivity contribution in [3.63, 3.8) is 0 Å². The molecule has 0 aliphatic carbocycles. The quantitative estimate of drug-likeness (QED) is 0.145. The van der Waals surface area contributed by atoms with Crippen molar-refractivity contribution in [1.29, 1.82) is 0 Å². The van der Waals surface area contributed by atoms with E-state index in [0.717, 1.165) is 4.90 Å². The fraction of sp³-hybridized carbons (Fsp3) is 0.641. The maximum atomic E-state index is 14.2. The Morgan fingerprint density at radius 3 is 2.03 bits per heavy atom. The molecule has 9 N–H and O–H groups in total. The first-order chi connectivity index (χ1) is 27.0. The highest BCUT2D eigenvalue weighted by atomic mass is 16.4. The van der Waals surface area contributed by atoms with Crippen LogP contribution in [0.25, 0.3) is 0 Å². The Labute approximate surface area is 338 Å². The van der Waals surface area contributed by atoms with Gasteiger partial charge >= 0.3 is 5.97 Å². The van der Waals surface area contributed by atoms with E-state index in [4.69, 9.17) is 0 Å². The molecule has 2 heterocycles. The third kappa shape index (κ3) is 13.7. The number of fused-ring (bicyclic) bond motifs is 1. The minimum atomic E-state index is -1.75. The van der Waals surface area contributed by atoms with Gasteiger partial charge in [0.1, 0.15) is 36.0 Å². The summed E-state index contributed by atoms with van der Waals surface area (Å²) in [5, 5.41) is 45.8. The summed E-state index contributed by atoms with van der Waals surface area (Å²) in [7, 11) is 1.34. The second-order valence-electron chi connectivity index (χ2n) is 16.6. The molecule has 0 unspecified atom stereocenters. The number of amides is 7. The maximum absolute atomic E-state index is 14.2. The molecule has 2 aliphatic rings. The lowest BCUT2D eigenvalue weighted by Crippen LogP contribution is -2.65. The normalized spacial score (nSPS) is 26.9. The molecule has 19 nitrogen and oxygen atoms in total. The Hall–Kier alpha value is -5.30. The van der Waals surface area contributed by atoms with Gasteiger partial charge < -0.3 is 52.1 Å². The molecule has 2 fully saturated rings. The predicted molar refractivity (Wildman–Crippen MR) is 210 cm³/mol. The molecular formula is C39H60N8O11. The molecule has 0 spiro atoms. The number of aliphatic carboxylic acids is 1. The van der Waals surface area contributed by atoms with Gasteiger partial charge in [0.2, 0.25) is 41.4 Å². The van der Waals surface area contributed by atoms with E-state index in [1.165, 1.54) is 33.0 Å². The molecule has 2 aliphatic heterocycles. The Morgan fingerprint density at radius 2 is 1.47 bits per heavy atom. The molecule has 1 aromatic carbocycles. The highest BCUT2D eigenvalue weighted by molar-refractivity contribution is 5.97. The average Bonchev–Trinajstić information content (AvgIpc) is 3.57. The fourth-order valence-corrected chi connectivity index (χ4v) is 7.06. The second kappa shape index (κ2) is 20.4. The number of aliphatic hydroxyl groups excluding tert-OH is 1. The van der Waals surface area contributed by atoms with E-state index in [2.05, 4.69) is 31.9 Å². The highest BCUT2D eigenvalue weighted by Crippen LogP contribution is 2.24. The first-order valence-corrected chi connectivity index (χ1v) is 19.5. The molecule has 19 heteroatoms. The first-order valence-electron chi connectivity index (χ1n) is 19.5. The summed E-state index contributed by atoms with van der Waals surface area (Å²) >= 11 is 0. The molecule has 0 bridgehead atoms. The van der Waals surface area contributed by atoms with E-state index < -0.39 is 114 Å². The van der Waals surface area contributed by atoms with Crippen molar-refractivity contribution < 1.29 is 53.7 Å². The molecule has 2 saturated heterocycles. The van der Waals surface area contributed by atoms with Crippen LogP contribution >= 0.6 is 0 Å². The van der Waals surface area contributed by atoms with Gasteiger partial charge in [-0.1, -0.05) is 26.0 Å². The molecule has 58 heavy (non-hydrogen) atoms. The lowest BCUT2D eigenvalue weighted by Gasteiger charge is -2.38. The van der Waals surface area contributed by atoms with Crippen LogP contribution in [0.2, 0.25) is 0 Å². The Balaban J connectivity index is 2.15. The number of nitrogens with one attached hydrogen (secondary N) is 6. The molecule has 322 valence electrons. The van der Waals surface area contributed by atoms with Crippen molar-refractivity contribution in [3.8, 4) is 5.75 Å². The molecule has 8 atom stereocenters. The molecule has 1 aromatic rings. The number of carbonyl (C=O) groups is 8. The van der Waals surface area contributed by atoms with Crippen LogP contribution in [0.5, 0.6) is 5.75 Å². The van der Waals surface area contributed by atoms with Crippen LogP contribution in [0.1, 0.15) is 79.7 Å². The zero-order valence-corrected chi connectivity index (χ0v) is 34.5. The van der Waals surface area contributed by atoms with E-state index in [9.17, 15) is 53.7 Å². The highest BCUT2D eigenvalue weighted by Gasteiger charge is 2.44. The summed E-state index contributed by atoms with van der Waals surface area (Å²) in [6.07, 6.45) is -1.71. The number of aromatic hydroxyl groups is 1. The standard InChI is InChI=1S/C39H60N8O11/c1-20(2)16-25-33(53)42-26(18-30(51)52)34(54)44-31(22(4)48)36(56)40-21(3)32(37(57)45-39(5,6)7)47-15-9-10-28(47)35(55)43-27(17-23-11-13-24(49)14-12-23)38(58)46(8)19-29(50)41-25/h11-14,20-22,25-28,31-32,48-49H,9-10,15-19H2,1-8H3,(H,40,56)(H,41,50)(H,42,53)(H,43,55)(H,44,54)(H,45,57)(H,51,52)/t21-,22+,25-,26-,27-,28-,31-,32+/m0/s1. The number of carbonyl (C=O) groups excluding carboxylic acids is 7. The monoisotopic (exact) mass is 816 g/mol. The van der Waals surface area contributed by atoms with Crippen molar-refractivity contribution in [1.82, 2.24) is 41.7 Å². The SMILES string of the molecule is CC(C)C[C@@H]1NC(=O)CN(C)C(=O)[C@H](Cc2ccc(O)cc2)NC(=O)[C@@H]2CCCN2[C@@H](C(=O)NC(C)(C)C)[C@H](C)NC(=O)[C@H]([C@@H](C)O)NC(=O)[C@H](CC(=O)O)NC1=O. The van der Waals surface area contributed by atoms with Gasteiger partial charge in [-0.2, -0.15) is 0 Å². The predicted octanol–water partition coefficient (Wildman–Crippen LogP) is -1.50. The van der Waals surface area contributed by atoms with E-state index >= 15 is 0 Å². The van der Waals surface area contributed by atoms with Crippen molar-refractivity contribution in [2.45, 2.75) is 135 Å². The minimum absolute atomic E-state index is 0.0172. The Kier molecular flexibility index (Phi) is 16.6. The minimum Gasteiger partial charge on any atom is -0.508 e. The number of hydrogen-bond acceptors (Lipinski definition) is 11. The van der Waals surface area contributed by atoms with Gasteiger partial charge in [0.25, 0.3) is 0 Å². The summed E-state index contributed by atoms with van der Waals surface area (Å²) in [5.41, 5.74) is -0.172.